The summed E-state index contributed by atoms with van der Waals surface area (Å²) in [5.74, 6) is 0.920. The fraction of sp³-hybridized carbons (Fsp3) is 0.357. The predicted molar refractivity (Wildman–Crippen MR) is 79.6 cm³/mol. The second-order valence-corrected chi connectivity index (χ2v) is 5.91. The first-order valence-corrected chi connectivity index (χ1v) is 7.22. The van der Waals surface area contributed by atoms with E-state index in [1.54, 1.807) is 17.0 Å². The standard InChI is InChI=1S/C14H15BrF3N3/c1-9(2)8-20-13-19-5-6-21(13)12-7-10(14(16,17)18)3-4-11(12)15/h3-7,9H,8H2,1-2H3,(H,19,20). The molecule has 0 spiro atoms. The lowest BCUT2D eigenvalue weighted by molar-refractivity contribution is -0.137. The minimum Gasteiger partial charge on any atom is -0.355 e. The summed E-state index contributed by atoms with van der Waals surface area (Å²) in [5, 5.41) is 3.13. The van der Waals surface area contributed by atoms with Crippen LogP contribution in [-0.2, 0) is 6.18 Å². The molecule has 0 radical (unpaired) electrons. The number of nitrogens with zero attached hydrogens (tertiary/aromatic N) is 2. The van der Waals surface area contributed by atoms with Crippen LogP contribution in [0.5, 0.6) is 0 Å². The van der Waals surface area contributed by atoms with Gasteiger partial charge in [0, 0.05) is 23.4 Å². The molecule has 0 bridgehead atoms. The third-order valence-corrected chi connectivity index (χ3v) is 3.51. The highest BCUT2D eigenvalue weighted by Gasteiger charge is 2.31. The van der Waals surface area contributed by atoms with Gasteiger partial charge in [0.15, 0.2) is 0 Å². The lowest BCUT2D eigenvalue weighted by Gasteiger charge is -2.15. The van der Waals surface area contributed by atoms with Gasteiger partial charge in [0.2, 0.25) is 5.95 Å². The van der Waals surface area contributed by atoms with Crippen LogP contribution in [0.25, 0.3) is 5.69 Å². The SMILES string of the molecule is CC(C)CNc1nccn1-c1cc(C(F)(F)F)ccc1Br. The van der Waals surface area contributed by atoms with Gasteiger partial charge in [0.05, 0.1) is 11.3 Å². The maximum Gasteiger partial charge on any atom is 0.416 e. The summed E-state index contributed by atoms with van der Waals surface area (Å²) < 4.78 is 40.7. The van der Waals surface area contributed by atoms with Crippen molar-refractivity contribution in [2.45, 2.75) is 20.0 Å². The predicted octanol–water partition coefficient (Wildman–Crippen LogP) is 4.72. The van der Waals surface area contributed by atoms with Crippen LogP contribution in [0.1, 0.15) is 19.4 Å². The highest BCUT2D eigenvalue weighted by atomic mass is 79.9. The van der Waals surface area contributed by atoms with Crippen molar-refractivity contribution in [3.63, 3.8) is 0 Å². The molecule has 0 atom stereocenters. The molecule has 21 heavy (non-hydrogen) atoms. The van der Waals surface area contributed by atoms with Crippen LogP contribution in [0.4, 0.5) is 19.1 Å². The second kappa shape index (κ2) is 6.09. The van der Waals surface area contributed by atoms with E-state index in [-0.39, 0.29) is 0 Å². The van der Waals surface area contributed by atoms with E-state index in [4.69, 9.17) is 0 Å². The molecule has 1 N–H and O–H groups in total. The van der Waals surface area contributed by atoms with E-state index in [0.717, 1.165) is 12.1 Å². The first-order valence-electron chi connectivity index (χ1n) is 6.43. The van der Waals surface area contributed by atoms with E-state index in [0.29, 0.717) is 28.6 Å². The van der Waals surface area contributed by atoms with Crippen LogP contribution in [0.3, 0.4) is 0 Å². The Morgan fingerprint density at radius 2 is 2.05 bits per heavy atom. The Morgan fingerprint density at radius 1 is 1.33 bits per heavy atom. The fourth-order valence-electron chi connectivity index (χ4n) is 1.80. The summed E-state index contributed by atoms with van der Waals surface area (Å²) in [6.45, 7) is 4.77. The molecule has 0 fully saturated rings. The fourth-order valence-corrected chi connectivity index (χ4v) is 2.24. The molecule has 0 amide bonds. The van der Waals surface area contributed by atoms with Crippen molar-refractivity contribution >= 4 is 21.9 Å². The zero-order valence-electron chi connectivity index (χ0n) is 11.6. The summed E-state index contributed by atoms with van der Waals surface area (Å²) in [6.07, 6.45) is -1.19. The third-order valence-electron chi connectivity index (χ3n) is 2.84. The summed E-state index contributed by atoms with van der Waals surface area (Å²) >= 11 is 3.29. The van der Waals surface area contributed by atoms with Crippen molar-refractivity contribution in [3.8, 4) is 5.69 Å². The van der Waals surface area contributed by atoms with E-state index in [9.17, 15) is 13.2 Å². The molecule has 7 heteroatoms. The minimum absolute atomic E-state index is 0.397. The Kier molecular flexibility index (Phi) is 4.61. The third kappa shape index (κ3) is 3.78. The van der Waals surface area contributed by atoms with Gasteiger partial charge < -0.3 is 5.32 Å². The van der Waals surface area contributed by atoms with Crippen LogP contribution < -0.4 is 5.32 Å². The van der Waals surface area contributed by atoms with Crippen LogP contribution in [0, 0.1) is 5.92 Å². The zero-order chi connectivity index (χ0) is 15.6. The van der Waals surface area contributed by atoms with Crippen LogP contribution in [0.2, 0.25) is 0 Å². The summed E-state index contributed by atoms with van der Waals surface area (Å²) in [4.78, 5) is 4.15. The molecule has 0 aliphatic rings. The Labute approximate surface area is 129 Å². The topological polar surface area (TPSA) is 29.9 Å². The number of anilines is 1. The molecule has 2 rings (SSSR count). The van der Waals surface area contributed by atoms with Crippen LogP contribution in [-0.4, -0.2) is 16.1 Å². The van der Waals surface area contributed by atoms with Crippen molar-refractivity contribution in [2.24, 2.45) is 5.92 Å². The number of hydrogen-bond acceptors (Lipinski definition) is 2. The number of nitrogens with one attached hydrogen (secondary N) is 1. The maximum absolute atomic E-state index is 12.8. The molecule has 1 aromatic heterocycles. The van der Waals surface area contributed by atoms with Gasteiger partial charge >= 0.3 is 6.18 Å². The highest BCUT2D eigenvalue weighted by molar-refractivity contribution is 9.10. The first-order chi connectivity index (χ1) is 9.79. The molecule has 0 unspecified atom stereocenters. The van der Waals surface area contributed by atoms with Gasteiger partial charge in [0.1, 0.15) is 0 Å². The molecular formula is C14H15BrF3N3. The van der Waals surface area contributed by atoms with Crippen LogP contribution >= 0.6 is 15.9 Å². The van der Waals surface area contributed by atoms with Gasteiger partial charge in [-0.25, -0.2) is 4.98 Å². The molecular weight excluding hydrogens is 347 g/mol. The van der Waals surface area contributed by atoms with Gasteiger partial charge in [-0.2, -0.15) is 13.2 Å². The monoisotopic (exact) mass is 361 g/mol. The molecule has 0 saturated carbocycles. The lowest BCUT2D eigenvalue weighted by Crippen LogP contribution is -2.13. The Balaban J connectivity index is 2.40. The molecule has 0 aliphatic carbocycles. The molecule has 3 nitrogen and oxygen atoms in total. The largest absolute Gasteiger partial charge is 0.416 e. The molecule has 0 saturated heterocycles. The minimum atomic E-state index is -4.37. The number of aromatic nitrogens is 2. The zero-order valence-corrected chi connectivity index (χ0v) is 13.2. The van der Waals surface area contributed by atoms with E-state index in [1.807, 2.05) is 13.8 Å². The number of benzene rings is 1. The van der Waals surface area contributed by atoms with E-state index < -0.39 is 11.7 Å². The quantitative estimate of drug-likeness (QED) is 0.853. The van der Waals surface area contributed by atoms with E-state index in [1.165, 1.54) is 6.07 Å². The van der Waals surface area contributed by atoms with Gasteiger partial charge in [-0.05, 0) is 40.0 Å². The van der Waals surface area contributed by atoms with Crippen molar-refractivity contribution < 1.29 is 13.2 Å². The Morgan fingerprint density at radius 3 is 2.67 bits per heavy atom. The van der Waals surface area contributed by atoms with Gasteiger partial charge in [-0.3, -0.25) is 4.57 Å². The van der Waals surface area contributed by atoms with Crippen molar-refractivity contribution in [1.29, 1.82) is 0 Å². The van der Waals surface area contributed by atoms with E-state index >= 15 is 0 Å². The number of alkyl halides is 3. The Hall–Kier alpha value is -1.50. The first kappa shape index (κ1) is 15.9. The van der Waals surface area contributed by atoms with Crippen molar-refractivity contribution in [1.82, 2.24) is 9.55 Å². The molecule has 114 valence electrons. The average Bonchev–Trinajstić information content (AvgIpc) is 2.83. The Bertz CT molecular complexity index is 620. The molecule has 1 aromatic carbocycles. The highest BCUT2D eigenvalue weighted by Crippen LogP contribution is 2.34. The molecule has 2 aromatic rings. The molecule has 0 aliphatic heterocycles. The maximum atomic E-state index is 12.8. The van der Waals surface area contributed by atoms with E-state index in [2.05, 4.69) is 26.2 Å². The number of rotatable bonds is 4. The van der Waals surface area contributed by atoms with Crippen molar-refractivity contribution in [2.75, 3.05) is 11.9 Å². The number of imidazole rings is 1. The normalized spacial score (nSPS) is 12.0. The van der Waals surface area contributed by atoms with Gasteiger partial charge in [0.25, 0.3) is 0 Å². The second-order valence-electron chi connectivity index (χ2n) is 5.06. The molecule has 1 heterocycles. The summed E-state index contributed by atoms with van der Waals surface area (Å²) in [7, 11) is 0. The number of hydrogen-bond donors (Lipinski definition) is 1. The number of halogens is 4. The summed E-state index contributed by atoms with van der Waals surface area (Å²) in [6, 6.07) is 3.54. The van der Waals surface area contributed by atoms with Crippen molar-refractivity contribution in [3.05, 3.63) is 40.6 Å². The van der Waals surface area contributed by atoms with Gasteiger partial charge in [-0.1, -0.05) is 13.8 Å². The summed E-state index contributed by atoms with van der Waals surface area (Å²) in [5.41, 5.74) is -0.294. The van der Waals surface area contributed by atoms with Gasteiger partial charge in [-0.15, -0.1) is 0 Å². The van der Waals surface area contributed by atoms with Crippen LogP contribution in [0.15, 0.2) is 35.1 Å². The lowest BCUT2D eigenvalue weighted by atomic mass is 10.2. The smallest absolute Gasteiger partial charge is 0.355 e. The average molecular weight is 362 g/mol.